The number of nitrogens with one attached hydrogen (secondary N) is 2. The van der Waals surface area contributed by atoms with Crippen LogP contribution in [0.3, 0.4) is 0 Å². The van der Waals surface area contributed by atoms with E-state index in [1.807, 2.05) is 19.1 Å². The van der Waals surface area contributed by atoms with Gasteiger partial charge in [-0.2, -0.15) is 0 Å². The molecule has 1 fully saturated rings. The molecule has 20 heavy (non-hydrogen) atoms. The van der Waals surface area contributed by atoms with E-state index in [2.05, 4.69) is 10.3 Å². The highest BCUT2D eigenvalue weighted by atomic mass is 16.2. The van der Waals surface area contributed by atoms with Gasteiger partial charge in [0.15, 0.2) is 0 Å². The molecule has 1 aliphatic heterocycles. The van der Waals surface area contributed by atoms with Crippen molar-refractivity contribution in [2.75, 3.05) is 13.1 Å². The highest BCUT2D eigenvalue weighted by Crippen LogP contribution is 2.12. The van der Waals surface area contributed by atoms with E-state index in [4.69, 9.17) is 0 Å². The second kappa shape index (κ2) is 5.25. The van der Waals surface area contributed by atoms with Gasteiger partial charge in [-0.05, 0) is 50.9 Å². The molecular weight excluding hydrogens is 254 g/mol. The molecule has 1 unspecified atom stereocenters. The number of H-pyrrole nitrogens is 1. The van der Waals surface area contributed by atoms with Gasteiger partial charge in [0.2, 0.25) is 0 Å². The van der Waals surface area contributed by atoms with Crippen molar-refractivity contribution >= 4 is 10.9 Å². The summed E-state index contributed by atoms with van der Waals surface area (Å²) >= 11 is 0. The number of fused-ring (bicyclic) bond motifs is 1. The van der Waals surface area contributed by atoms with Crippen LogP contribution in [-0.2, 0) is 6.54 Å². The number of aryl methyl sites for hydroxylation is 1. The summed E-state index contributed by atoms with van der Waals surface area (Å²) in [6.07, 6.45) is 2.16. The highest BCUT2D eigenvalue weighted by molar-refractivity contribution is 5.77. The van der Waals surface area contributed by atoms with Crippen molar-refractivity contribution in [3.63, 3.8) is 0 Å². The molecule has 0 bridgehead atoms. The lowest BCUT2D eigenvalue weighted by molar-refractivity contribution is 0.329. The van der Waals surface area contributed by atoms with Crippen molar-refractivity contribution < 1.29 is 0 Å². The number of hydrogen-bond acceptors (Lipinski definition) is 3. The van der Waals surface area contributed by atoms with Crippen LogP contribution >= 0.6 is 0 Å². The molecule has 0 spiro atoms. The molecule has 0 saturated carbocycles. The van der Waals surface area contributed by atoms with Gasteiger partial charge in [0.05, 0.1) is 10.9 Å². The predicted molar refractivity (Wildman–Crippen MR) is 79.2 cm³/mol. The number of aromatic amines is 1. The fraction of sp³-hybridized carbons (Fsp3) is 0.467. The van der Waals surface area contributed by atoms with Crippen LogP contribution in [0.25, 0.3) is 10.9 Å². The zero-order valence-electron chi connectivity index (χ0n) is 11.6. The number of benzene rings is 1. The lowest BCUT2D eigenvalue weighted by Gasteiger charge is -2.23. The van der Waals surface area contributed by atoms with Crippen LogP contribution in [0.4, 0.5) is 0 Å². The lowest BCUT2D eigenvalue weighted by Crippen LogP contribution is -2.40. The van der Waals surface area contributed by atoms with Crippen molar-refractivity contribution in [3.05, 3.63) is 44.6 Å². The van der Waals surface area contributed by atoms with E-state index >= 15 is 0 Å². The van der Waals surface area contributed by atoms with Gasteiger partial charge < -0.3 is 10.3 Å². The molecule has 1 aliphatic rings. The Bertz CT molecular complexity index is 739. The number of hydrogen-bond donors (Lipinski definition) is 2. The van der Waals surface area contributed by atoms with Crippen LogP contribution in [0.1, 0.15) is 18.4 Å². The molecule has 1 aromatic heterocycles. The number of aromatic nitrogens is 2. The minimum atomic E-state index is -0.308. The monoisotopic (exact) mass is 273 g/mol. The summed E-state index contributed by atoms with van der Waals surface area (Å²) in [5.41, 5.74) is 1.14. The highest BCUT2D eigenvalue weighted by Gasteiger charge is 2.16. The summed E-state index contributed by atoms with van der Waals surface area (Å²) in [4.78, 5) is 27.4. The van der Waals surface area contributed by atoms with Crippen molar-refractivity contribution in [2.45, 2.75) is 26.3 Å². The summed E-state index contributed by atoms with van der Waals surface area (Å²) in [7, 11) is 0. The van der Waals surface area contributed by atoms with Gasteiger partial charge in [-0.1, -0.05) is 11.6 Å². The standard InChI is InChI=1S/C15H19N3O2/c1-10-4-5-13-12(7-10)14(19)18(15(20)17-13)9-11-3-2-6-16-8-11/h4-5,7,11,16H,2-3,6,8-9H2,1H3,(H,17,20). The average molecular weight is 273 g/mol. The molecule has 3 rings (SSSR count). The fourth-order valence-electron chi connectivity index (χ4n) is 2.87. The molecule has 5 heteroatoms. The van der Waals surface area contributed by atoms with Crippen LogP contribution in [0.15, 0.2) is 27.8 Å². The Morgan fingerprint density at radius 3 is 2.95 bits per heavy atom. The van der Waals surface area contributed by atoms with Crippen LogP contribution in [0, 0.1) is 12.8 Å². The molecule has 2 N–H and O–H groups in total. The zero-order valence-corrected chi connectivity index (χ0v) is 11.6. The third kappa shape index (κ3) is 2.41. The van der Waals surface area contributed by atoms with Gasteiger partial charge in [0, 0.05) is 6.54 Å². The van der Waals surface area contributed by atoms with Crippen molar-refractivity contribution in [2.24, 2.45) is 5.92 Å². The maximum Gasteiger partial charge on any atom is 0.328 e. The summed E-state index contributed by atoms with van der Waals surface area (Å²) in [6, 6.07) is 5.52. The van der Waals surface area contributed by atoms with Crippen molar-refractivity contribution in [1.29, 1.82) is 0 Å². The second-order valence-corrected chi connectivity index (χ2v) is 5.61. The predicted octanol–water partition coefficient (Wildman–Crippen LogP) is 0.998. The van der Waals surface area contributed by atoms with Gasteiger partial charge in [0.1, 0.15) is 0 Å². The minimum Gasteiger partial charge on any atom is -0.316 e. The smallest absolute Gasteiger partial charge is 0.316 e. The van der Waals surface area contributed by atoms with Gasteiger partial charge in [-0.15, -0.1) is 0 Å². The molecule has 0 aliphatic carbocycles. The molecular formula is C15H19N3O2. The van der Waals surface area contributed by atoms with Crippen LogP contribution in [-0.4, -0.2) is 22.6 Å². The van der Waals surface area contributed by atoms with E-state index in [1.165, 1.54) is 4.57 Å². The largest absolute Gasteiger partial charge is 0.328 e. The summed E-state index contributed by atoms with van der Waals surface area (Å²) in [5.74, 6) is 0.352. The van der Waals surface area contributed by atoms with E-state index in [9.17, 15) is 9.59 Å². The summed E-state index contributed by atoms with van der Waals surface area (Å²) in [5, 5.41) is 3.90. The van der Waals surface area contributed by atoms with E-state index in [0.29, 0.717) is 23.4 Å². The molecule has 1 atom stereocenters. The molecule has 106 valence electrons. The Kier molecular flexibility index (Phi) is 3.44. The van der Waals surface area contributed by atoms with E-state index in [0.717, 1.165) is 31.5 Å². The van der Waals surface area contributed by atoms with Crippen LogP contribution in [0.2, 0.25) is 0 Å². The minimum absolute atomic E-state index is 0.182. The fourth-order valence-corrected chi connectivity index (χ4v) is 2.87. The molecule has 1 saturated heterocycles. The first-order valence-corrected chi connectivity index (χ1v) is 7.09. The van der Waals surface area contributed by atoms with Crippen molar-refractivity contribution in [3.8, 4) is 0 Å². The molecule has 1 aromatic carbocycles. The van der Waals surface area contributed by atoms with Gasteiger partial charge in [0.25, 0.3) is 5.56 Å². The number of rotatable bonds is 2. The quantitative estimate of drug-likeness (QED) is 0.857. The number of piperidine rings is 1. The SMILES string of the molecule is Cc1ccc2[nH]c(=O)n(CC3CCCNC3)c(=O)c2c1. The Labute approximate surface area is 116 Å². The Balaban J connectivity index is 2.05. The number of nitrogens with zero attached hydrogens (tertiary/aromatic N) is 1. The van der Waals surface area contributed by atoms with Crippen molar-refractivity contribution in [1.82, 2.24) is 14.9 Å². The van der Waals surface area contributed by atoms with Crippen LogP contribution < -0.4 is 16.6 Å². The molecule has 2 heterocycles. The Hall–Kier alpha value is -1.88. The van der Waals surface area contributed by atoms with Crippen LogP contribution in [0.5, 0.6) is 0 Å². The maximum atomic E-state index is 12.5. The zero-order chi connectivity index (χ0) is 14.1. The second-order valence-electron chi connectivity index (χ2n) is 5.61. The molecule has 0 radical (unpaired) electrons. The van der Waals surface area contributed by atoms with E-state index < -0.39 is 0 Å². The Morgan fingerprint density at radius 2 is 2.20 bits per heavy atom. The Morgan fingerprint density at radius 1 is 1.35 bits per heavy atom. The summed E-state index contributed by atoms with van der Waals surface area (Å²) < 4.78 is 1.35. The first kappa shape index (κ1) is 13.1. The lowest BCUT2D eigenvalue weighted by atomic mass is 9.99. The maximum absolute atomic E-state index is 12.5. The first-order chi connectivity index (χ1) is 9.65. The summed E-state index contributed by atoms with van der Waals surface area (Å²) in [6.45, 7) is 4.33. The van der Waals surface area contributed by atoms with Gasteiger partial charge >= 0.3 is 5.69 Å². The average Bonchev–Trinajstić information content (AvgIpc) is 2.46. The third-order valence-corrected chi connectivity index (χ3v) is 3.98. The normalized spacial score (nSPS) is 19.4. The molecule has 0 amide bonds. The first-order valence-electron chi connectivity index (χ1n) is 7.09. The van der Waals surface area contributed by atoms with Gasteiger partial charge in [-0.25, -0.2) is 4.79 Å². The van der Waals surface area contributed by atoms with Gasteiger partial charge in [-0.3, -0.25) is 9.36 Å². The van der Waals surface area contributed by atoms with E-state index in [-0.39, 0.29) is 11.2 Å². The molecule has 2 aromatic rings. The topological polar surface area (TPSA) is 66.9 Å². The third-order valence-electron chi connectivity index (χ3n) is 3.98. The van der Waals surface area contributed by atoms with E-state index in [1.54, 1.807) is 6.07 Å². The molecule has 5 nitrogen and oxygen atoms in total.